The second-order valence-electron chi connectivity index (χ2n) is 1.10. The zero-order chi connectivity index (χ0) is 6.41. The maximum absolute atomic E-state index is 3.95. The number of hydrogen-bond donors (Lipinski definition) is 0. The molecule has 0 unspecified atom stereocenters. The van der Waals surface area contributed by atoms with Crippen LogP contribution >= 0.6 is 11.8 Å². The van der Waals surface area contributed by atoms with Crippen molar-refractivity contribution in [1.29, 1.82) is 0 Å². The molecule has 0 aliphatic carbocycles. The van der Waals surface area contributed by atoms with E-state index in [4.69, 9.17) is 0 Å². The van der Waals surface area contributed by atoms with Gasteiger partial charge in [0.2, 0.25) is 0 Å². The van der Waals surface area contributed by atoms with Gasteiger partial charge in [-0.15, -0.1) is 0 Å². The summed E-state index contributed by atoms with van der Waals surface area (Å²) in [6.07, 6.45) is 3.69. The molecule has 0 rings (SSSR count). The van der Waals surface area contributed by atoms with Crippen LogP contribution in [0, 0.1) is 0 Å². The van der Waals surface area contributed by atoms with Crippen LogP contribution in [0.1, 0.15) is 6.92 Å². The summed E-state index contributed by atoms with van der Waals surface area (Å²) >= 11 is 1.55. The predicted molar refractivity (Wildman–Crippen MR) is 41.0 cm³/mol. The van der Waals surface area contributed by atoms with E-state index in [-0.39, 0.29) is 0 Å². The molecule has 0 aliphatic heterocycles. The van der Waals surface area contributed by atoms with Gasteiger partial charge in [0.05, 0.1) is 0 Å². The smallest absolute Gasteiger partial charge is 0.181 e. The molecule has 0 heterocycles. The Morgan fingerprint density at radius 1 is 1.62 bits per heavy atom. The molecule has 0 aliphatic rings. The Balaban J connectivity index is 3.72. The van der Waals surface area contributed by atoms with Gasteiger partial charge in [-0.25, -0.2) is 4.99 Å². The highest BCUT2D eigenvalue weighted by Gasteiger charge is 1.83. The van der Waals surface area contributed by atoms with Gasteiger partial charge in [-0.05, 0) is 13.2 Å². The van der Waals surface area contributed by atoms with Crippen LogP contribution in [0.5, 0.6) is 0 Å². The van der Waals surface area contributed by atoms with Crippen molar-refractivity contribution < 1.29 is 0 Å². The molecule has 0 saturated heterocycles. The molecule has 3 heteroatoms. The van der Waals surface area contributed by atoms with Crippen LogP contribution in [-0.4, -0.2) is 24.7 Å². The predicted octanol–water partition coefficient (Wildman–Crippen LogP) is 1.43. The molecule has 0 N–H and O–H groups in total. The lowest BCUT2D eigenvalue weighted by Gasteiger charge is -1.87. The molecule has 0 saturated carbocycles. The molecule has 2 nitrogen and oxygen atoms in total. The van der Waals surface area contributed by atoms with Crippen LogP contribution in [0.4, 0.5) is 0 Å². The van der Waals surface area contributed by atoms with Gasteiger partial charge in [-0.1, -0.05) is 11.8 Å². The zero-order valence-electron chi connectivity index (χ0n) is 5.38. The van der Waals surface area contributed by atoms with E-state index >= 15 is 0 Å². The van der Waals surface area contributed by atoms with E-state index in [0.717, 1.165) is 5.17 Å². The quantitative estimate of drug-likeness (QED) is 0.359. The van der Waals surface area contributed by atoms with Gasteiger partial charge >= 0.3 is 0 Å². The van der Waals surface area contributed by atoms with Crippen molar-refractivity contribution in [2.75, 3.05) is 13.3 Å². The van der Waals surface area contributed by atoms with Crippen LogP contribution in [0.25, 0.3) is 0 Å². The second kappa shape index (κ2) is 4.84. The van der Waals surface area contributed by atoms with Crippen molar-refractivity contribution >= 4 is 23.1 Å². The summed E-state index contributed by atoms with van der Waals surface area (Å²) in [6.45, 7) is 1.88. The fraction of sp³-hybridized carbons (Fsp3) is 0.600. The van der Waals surface area contributed by atoms with Crippen LogP contribution < -0.4 is 0 Å². The Morgan fingerprint density at radius 3 is 2.38 bits per heavy atom. The van der Waals surface area contributed by atoms with E-state index in [1.807, 2.05) is 13.2 Å². The molecular weight excluding hydrogens is 120 g/mol. The van der Waals surface area contributed by atoms with E-state index in [1.54, 1.807) is 25.0 Å². The lowest BCUT2D eigenvalue weighted by atomic mass is 10.9. The van der Waals surface area contributed by atoms with E-state index in [2.05, 4.69) is 9.98 Å². The Morgan fingerprint density at radius 2 is 2.25 bits per heavy atom. The Bertz CT molecular complexity index is 104. The summed E-state index contributed by atoms with van der Waals surface area (Å²) in [7, 11) is 1.73. The maximum Gasteiger partial charge on any atom is 0.181 e. The van der Waals surface area contributed by atoms with E-state index < -0.39 is 0 Å². The summed E-state index contributed by atoms with van der Waals surface area (Å²) in [5.74, 6) is 0. The number of hydrogen-bond acceptors (Lipinski definition) is 2. The Hall–Kier alpha value is -0.310. The average Bonchev–Trinajstić information content (AvgIpc) is 1.83. The third-order valence-corrected chi connectivity index (χ3v) is 1.27. The van der Waals surface area contributed by atoms with Gasteiger partial charge in [0.15, 0.2) is 5.17 Å². The van der Waals surface area contributed by atoms with Crippen molar-refractivity contribution in [3.8, 4) is 0 Å². The van der Waals surface area contributed by atoms with Crippen molar-refractivity contribution in [3.63, 3.8) is 0 Å². The first-order chi connectivity index (χ1) is 3.85. The largest absolute Gasteiger partial charge is 0.264 e. The SMILES string of the molecule is C/C=N\C(=N/C)SC. The third-order valence-electron chi connectivity index (χ3n) is 0.613. The molecule has 0 spiro atoms. The highest BCUT2D eigenvalue weighted by molar-refractivity contribution is 8.13. The van der Waals surface area contributed by atoms with Crippen LogP contribution in [0.15, 0.2) is 9.98 Å². The molecular formula is C5H10N2S. The fourth-order valence-electron chi connectivity index (χ4n) is 0.312. The van der Waals surface area contributed by atoms with Crippen molar-refractivity contribution in [1.82, 2.24) is 0 Å². The number of thioether (sulfide) groups is 1. The van der Waals surface area contributed by atoms with E-state index in [9.17, 15) is 0 Å². The lowest BCUT2D eigenvalue weighted by Crippen LogP contribution is -1.83. The molecule has 0 bridgehead atoms. The molecule has 0 aromatic heterocycles. The standard InChI is InChI=1S/C5H10N2S/c1-4-7-5(6-2)8-3/h4H,1-3H3/b6-5+,7-4-. The zero-order valence-corrected chi connectivity index (χ0v) is 6.20. The number of amidine groups is 1. The number of rotatable bonds is 0. The molecule has 46 valence electrons. The monoisotopic (exact) mass is 130 g/mol. The molecule has 0 atom stereocenters. The molecule has 0 aromatic carbocycles. The summed E-state index contributed by atoms with van der Waals surface area (Å²) in [5.41, 5.74) is 0. The fourth-order valence-corrected chi connectivity index (χ4v) is 0.706. The first kappa shape index (κ1) is 7.69. The number of aliphatic imine (C=N–C) groups is 2. The van der Waals surface area contributed by atoms with Crippen molar-refractivity contribution in [3.05, 3.63) is 0 Å². The Labute approximate surface area is 54.1 Å². The van der Waals surface area contributed by atoms with Crippen molar-refractivity contribution in [2.24, 2.45) is 9.98 Å². The van der Waals surface area contributed by atoms with Gasteiger partial charge in [-0.2, -0.15) is 0 Å². The van der Waals surface area contributed by atoms with Crippen molar-refractivity contribution in [2.45, 2.75) is 6.92 Å². The Kier molecular flexibility index (Phi) is 4.65. The minimum atomic E-state index is 0.826. The molecule has 0 aromatic rings. The summed E-state index contributed by atoms with van der Waals surface area (Å²) in [6, 6.07) is 0. The molecule has 0 amide bonds. The van der Waals surface area contributed by atoms with Gasteiger partial charge < -0.3 is 0 Å². The lowest BCUT2D eigenvalue weighted by molar-refractivity contribution is 1.44. The summed E-state index contributed by atoms with van der Waals surface area (Å²) < 4.78 is 0. The topological polar surface area (TPSA) is 24.7 Å². The van der Waals surface area contributed by atoms with Gasteiger partial charge in [0, 0.05) is 13.3 Å². The third kappa shape index (κ3) is 2.80. The van der Waals surface area contributed by atoms with Gasteiger partial charge in [0.1, 0.15) is 0 Å². The van der Waals surface area contributed by atoms with Gasteiger partial charge in [0.25, 0.3) is 0 Å². The summed E-state index contributed by atoms with van der Waals surface area (Å²) in [5, 5.41) is 0.826. The normalized spacial score (nSPS) is 13.1. The van der Waals surface area contributed by atoms with E-state index in [0.29, 0.717) is 0 Å². The molecule has 0 radical (unpaired) electrons. The van der Waals surface area contributed by atoms with Gasteiger partial charge in [-0.3, -0.25) is 4.99 Å². The highest BCUT2D eigenvalue weighted by Crippen LogP contribution is 1.96. The summed E-state index contributed by atoms with van der Waals surface area (Å²) in [4.78, 5) is 7.83. The first-order valence-corrected chi connectivity index (χ1v) is 3.57. The van der Waals surface area contributed by atoms with E-state index in [1.165, 1.54) is 0 Å². The minimum absolute atomic E-state index is 0.826. The maximum atomic E-state index is 3.95. The highest BCUT2D eigenvalue weighted by atomic mass is 32.2. The molecule has 0 fully saturated rings. The number of nitrogens with zero attached hydrogens (tertiary/aromatic N) is 2. The minimum Gasteiger partial charge on any atom is -0.264 e. The van der Waals surface area contributed by atoms with Crippen LogP contribution in [0.3, 0.4) is 0 Å². The molecule has 8 heavy (non-hydrogen) atoms. The first-order valence-electron chi connectivity index (χ1n) is 2.34. The average molecular weight is 130 g/mol. The van der Waals surface area contributed by atoms with Crippen LogP contribution in [0.2, 0.25) is 0 Å². The van der Waals surface area contributed by atoms with Crippen LogP contribution in [-0.2, 0) is 0 Å². The second-order valence-corrected chi connectivity index (χ2v) is 1.87.